The largest absolute Gasteiger partial charge is 0.347 e. The number of carbonyl (C=O) groups excluding carboxylic acids is 2. The monoisotopic (exact) mass is 546 g/mol. The lowest BCUT2D eigenvalue weighted by molar-refractivity contribution is 0.0941. The number of aromatic nitrogens is 2. The van der Waals surface area contributed by atoms with Gasteiger partial charge in [0.15, 0.2) is 0 Å². The molecule has 0 aliphatic carbocycles. The van der Waals surface area contributed by atoms with E-state index in [2.05, 4.69) is 10.3 Å². The number of fused-ring (bicyclic) bond motifs is 2. The first kappa shape index (κ1) is 25.6. The van der Waals surface area contributed by atoms with Crippen LogP contribution in [0.2, 0.25) is 5.02 Å². The number of carbonyl (C=O) groups is 2. The van der Waals surface area contributed by atoms with Crippen LogP contribution in [0.5, 0.6) is 0 Å². The molecule has 1 aliphatic heterocycles. The second kappa shape index (κ2) is 10.8. The average Bonchev–Trinajstić information content (AvgIpc) is 3.29. The number of amides is 2. The van der Waals surface area contributed by atoms with Gasteiger partial charge < -0.3 is 14.8 Å². The summed E-state index contributed by atoms with van der Waals surface area (Å²) in [5.74, 6) is -0.254. The topological polar surface area (TPSA) is 67.2 Å². The first-order valence-corrected chi connectivity index (χ1v) is 13.5. The number of para-hydroxylation sites is 1. The lowest BCUT2D eigenvalue weighted by Crippen LogP contribution is -2.30. The Kier molecular flexibility index (Phi) is 6.93. The van der Waals surface area contributed by atoms with E-state index in [1.165, 1.54) is 0 Å². The lowest BCUT2D eigenvalue weighted by Gasteiger charge is -2.23. The van der Waals surface area contributed by atoms with Crippen molar-refractivity contribution in [2.45, 2.75) is 26.6 Å². The third kappa shape index (κ3) is 5.01. The van der Waals surface area contributed by atoms with Gasteiger partial charge in [-0.25, -0.2) is 0 Å². The SMILES string of the molecule is Cc1cc(C(=O)N2Cc3ccc(C(=O)NCc4cccnc4)n3Cc3ccccc32)ccc1-c1ccc(Cl)cc1. The van der Waals surface area contributed by atoms with Crippen molar-refractivity contribution in [3.63, 3.8) is 0 Å². The Hall–Kier alpha value is -4.68. The van der Waals surface area contributed by atoms with Crippen molar-refractivity contribution in [2.24, 2.45) is 0 Å². The number of hydrogen-bond acceptors (Lipinski definition) is 3. The van der Waals surface area contributed by atoms with Crippen molar-refractivity contribution in [3.05, 3.63) is 142 Å². The summed E-state index contributed by atoms with van der Waals surface area (Å²) in [6, 6.07) is 28.9. The second-order valence-electron chi connectivity index (χ2n) is 9.90. The van der Waals surface area contributed by atoms with Crippen LogP contribution >= 0.6 is 11.6 Å². The zero-order valence-electron chi connectivity index (χ0n) is 22.0. The average molecular weight is 547 g/mol. The molecule has 7 heteroatoms. The minimum atomic E-state index is -0.166. The van der Waals surface area contributed by atoms with Crippen LogP contribution in [0, 0.1) is 6.92 Å². The summed E-state index contributed by atoms with van der Waals surface area (Å²) in [5.41, 5.74) is 7.92. The molecule has 6 nitrogen and oxygen atoms in total. The van der Waals surface area contributed by atoms with Crippen molar-refractivity contribution in [1.82, 2.24) is 14.9 Å². The molecule has 0 saturated carbocycles. The van der Waals surface area contributed by atoms with E-state index in [0.717, 1.165) is 39.2 Å². The minimum absolute atomic E-state index is 0.0876. The molecule has 40 heavy (non-hydrogen) atoms. The van der Waals surface area contributed by atoms with Crippen LogP contribution in [0.25, 0.3) is 11.1 Å². The first-order valence-electron chi connectivity index (χ1n) is 13.1. The summed E-state index contributed by atoms with van der Waals surface area (Å²) in [6.07, 6.45) is 3.44. The van der Waals surface area contributed by atoms with E-state index in [1.807, 2.05) is 107 Å². The number of nitrogens with zero attached hydrogens (tertiary/aromatic N) is 3. The predicted molar refractivity (Wildman–Crippen MR) is 158 cm³/mol. The highest BCUT2D eigenvalue weighted by Crippen LogP contribution is 2.32. The van der Waals surface area contributed by atoms with Crippen LogP contribution in [-0.4, -0.2) is 21.4 Å². The molecule has 3 aromatic carbocycles. The first-order chi connectivity index (χ1) is 19.5. The van der Waals surface area contributed by atoms with E-state index >= 15 is 0 Å². The molecule has 0 saturated heterocycles. The minimum Gasteiger partial charge on any atom is -0.347 e. The Morgan fingerprint density at radius 1 is 0.925 bits per heavy atom. The fourth-order valence-corrected chi connectivity index (χ4v) is 5.35. The Bertz CT molecular complexity index is 1710. The number of nitrogens with one attached hydrogen (secondary N) is 1. The van der Waals surface area contributed by atoms with Crippen LogP contribution in [0.1, 0.15) is 43.2 Å². The van der Waals surface area contributed by atoms with Gasteiger partial charge in [0.2, 0.25) is 0 Å². The standard InChI is InChI=1S/C33H27ClN4O2/c1-22-17-25(10-14-29(22)24-8-11-27(34)12-9-24)33(40)38-21-28-13-15-31(32(39)36-19-23-5-4-16-35-18-23)37(28)20-26-6-2-3-7-30(26)38/h2-18H,19-21H2,1H3,(H,36,39). The number of hydrogen-bond donors (Lipinski definition) is 1. The molecule has 198 valence electrons. The number of aryl methyl sites for hydroxylation is 1. The molecular weight excluding hydrogens is 520 g/mol. The second-order valence-corrected chi connectivity index (χ2v) is 10.3. The molecule has 2 amide bonds. The highest BCUT2D eigenvalue weighted by Gasteiger charge is 2.27. The van der Waals surface area contributed by atoms with Crippen molar-refractivity contribution in [1.29, 1.82) is 0 Å². The van der Waals surface area contributed by atoms with E-state index in [9.17, 15) is 9.59 Å². The molecule has 0 bridgehead atoms. The van der Waals surface area contributed by atoms with Crippen LogP contribution in [0.3, 0.4) is 0 Å². The number of anilines is 1. The lowest BCUT2D eigenvalue weighted by atomic mass is 9.98. The number of benzene rings is 3. The van der Waals surface area contributed by atoms with Gasteiger partial charge in [-0.1, -0.05) is 54.1 Å². The van der Waals surface area contributed by atoms with Crippen LogP contribution in [0.4, 0.5) is 5.69 Å². The molecule has 2 aromatic heterocycles. The molecule has 0 atom stereocenters. The van der Waals surface area contributed by atoms with Crippen LogP contribution in [-0.2, 0) is 19.6 Å². The Morgan fingerprint density at radius 3 is 2.52 bits per heavy atom. The maximum absolute atomic E-state index is 14.0. The molecular formula is C33H27ClN4O2. The smallest absolute Gasteiger partial charge is 0.268 e. The zero-order chi connectivity index (χ0) is 27.6. The third-order valence-electron chi connectivity index (χ3n) is 7.28. The summed E-state index contributed by atoms with van der Waals surface area (Å²) < 4.78 is 2.00. The highest BCUT2D eigenvalue weighted by molar-refractivity contribution is 6.30. The van der Waals surface area contributed by atoms with Crippen molar-refractivity contribution in [3.8, 4) is 11.1 Å². The normalized spacial score (nSPS) is 12.3. The van der Waals surface area contributed by atoms with Crippen molar-refractivity contribution < 1.29 is 9.59 Å². The Morgan fingerprint density at radius 2 is 1.75 bits per heavy atom. The molecule has 5 aromatic rings. The summed E-state index contributed by atoms with van der Waals surface area (Å²) in [4.78, 5) is 33.1. The van der Waals surface area contributed by atoms with Crippen molar-refractivity contribution >= 4 is 29.1 Å². The maximum Gasteiger partial charge on any atom is 0.268 e. The number of pyridine rings is 1. The molecule has 0 radical (unpaired) electrons. The van der Waals surface area contributed by atoms with Crippen molar-refractivity contribution in [2.75, 3.05) is 4.90 Å². The van der Waals surface area contributed by atoms with Gasteiger partial charge in [0.25, 0.3) is 11.8 Å². The Balaban J connectivity index is 1.29. The van der Waals surface area contributed by atoms with Crippen LogP contribution < -0.4 is 10.2 Å². The Labute approximate surface area is 237 Å². The van der Waals surface area contributed by atoms with Crippen LogP contribution in [0.15, 0.2) is 103 Å². The quantitative estimate of drug-likeness (QED) is 0.268. The molecule has 1 N–H and O–H groups in total. The molecule has 1 aliphatic rings. The van der Waals surface area contributed by atoms with Gasteiger partial charge in [-0.3, -0.25) is 14.6 Å². The van der Waals surface area contributed by atoms with E-state index in [0.29, 0.717) is 35.9 Å². The molecule has 0 unspecified atom stereocenters. The van der Waals surface area contributed by atoms with Gasteiger partial charge in [-0.15, -0.1) is 0 Å². The maximum atomic E-state index is 14.0. The van der Waals surface area contributed by atoms with Gasteiger partial charge >= 0.3 is 0 Å². The number of rotatable bonds is 5. The van der Waals surface area contributed by atoms with E-state index in [4.69, 9.17) is 11.6 Å². The summed E-state index contributed by atoms with van der Waals surface area (Å²) >= 11 is 6.07. The summed E-state index contributed by atoms with van der Waals surface area (Å²) in [6.45, 7) is 3.24. The summed E-state index contributed by atoms with van der Waals surface area (Å²) in [5, 5.41) is 3.68. The molecule has 0 fully saturated rings. The fraction of sp³-hybridized carbons (Fsp3) is 0.121. The van der Waals surface area contributed by atoms with Gasteiger partial charge in [0, 0.05) is 40.9 Å². The number of halogens is 1. The zero-order valence-corrected chi connectivity index (χ0v) is 22.7. The summed E-state index contributed by atoms with van der Waals surface area (Å²) in [7, 11) is 0. The van der Waals surface area contributed by atoms with Gasteiger partial charge in [0.05, 0.1) is 13.1 Å². The van der Waals surface area contributed by atoms with Gasteiger partial charge in [-0.2, -0.15) is 0 Å². The molecule has 6 rings (SSSR count). The van der Waals surface area contributed by atoms with E-state index < -0.39 is 0 Å². The predicted octanol–water partition coefficient (Wildman–Crippen LogP) is 6.65. The molecule has 3 heterocycles. The molecule has 0 spiro atoms. The highest BCUT2D eigenvalue weighted by atomic mass is 35.5. The van der Waals surface area contributed by atoms with Gasteiger partial charge in [0.1, 0.15) is 5.69 Å². The van der Waals surface area contributed by atoms with E-state index in [-0.39, 0.29) is 11.8 Å². The van der Waals surface area contributed by atoms with E-state index in [1.54, 1.807) is 12.4 Å². The fourth-order valence-electron chi connectivity index (χ4n) is 5.22. The third-order valence-corrected chi connectivity index (χ3v) is 7.54. The van der Waals surface area contributed by atoms with Gasteiger partial charge in [-0.05, 0) is 83.3 Å².